The molecule has 0 bridgehead atoms. The predicted molar refractivity (Wildman–Crippen MR) is 67.4 cm³/mol. The van der Waals surface area contributed by atoms with Crippen LogP contribution in [0.5, 0.6) is 0 Å². The molecule has 1 N–H and O–H groups in total. The number of hydrogen-bond donors (Lipinski definition) is 1. The van der Waals surface area contributed by atoms with Crippen LogP contribution in [-0.2, 0) is 11.8 Å². The molecule has 0 fully saturated rings. The molecule has 0 saturated carbocycles. The summed E-state index contributed by atoms with van der Waals surface area (Å²) in [4.78, 5) is 22.7. The lowest BCUT2D eigenvalue weighted by Crippen LogP contribution is -2.30. The van der Waals surface area contributed by atoms with Crippen molar-refractivity contribution < 1.29 is 9.53 Å². The molecular formula is C12H17N3O3. The Morgan fingerprint density at radius 2 is 2.28 bits per heavy atom. The van der Waals surface area contributed by atoms with Crippen LogP contribution >= 0.6 is 0 Å². The van der Waals surface area contributed by atoms with Gasteiger partial charge in [-0.3, -0.25) is 9.59 Å². The molecule has 1 aromatic rings. The first-order valence-electron chi connectivity index (χ1n) is 5.55. The molecule has 0 unspecified atom stereocenters. The maximum absolute atomic E-state index is 11.6. The highest BCUT2D eigenvalue weighted by Gasteiger charge is 2.07. The molecule has 0 aromatic carbocycles. The van der Waals surface area contributed by atoms with Gasteiger partial charge in [0.15, 0.2) is 0 Å². The third-order valence-electron chi connectivity index (χ3n) is 2.07. The number of aryl methyl sites for hydroxylation is 1. The third kappa shape index (κ3) is 4.50. The summed E-state index contributed by atoms with van der Waals surface area (Å²) in [6, 6.07) is 2.70. The number of aromatic nitrogens is 2. The molecule has 1 amide bonds. The standard InChI is InChI=1S/C12H17N3O3/c1-9(2)8-18-7-6-13-12(17)10-4-5-11(16)15(3)14-10/h4-5H,1,6-8H2,2-3H3,(H,13,17). The molecule has 0 saturated heterocycles. The number of nitrogens with one attached hydrogen (secondary N) is 1. The predicted octanol–water partition coefficient (Wildman–Crippen LogP) is 0.103. The summed E-state index contributed by atoms with van der Waals surface area (Å²) < 4.78 is 6.35. The quantitative estimate of drug-likeness (QED) is 0.575. The van der Waals surface area contributed by atoms with E-state index in [0.717, 1.165) is 10.3 Å². The summed E-state index contributed by atoms with van der Waals surface area (Å²) >= 11 is 0. The maximum Gasteiger partial charge on any atom is 0.271 e. The first-order valence-corrected chi connectivity index (χ1v) is 5.55. The van der Waals surface area contributed by atoms with Crippen molar-refractivity contribution in [2.24, 2.45) is 7.05 Å². The second-order valence-electron chi connectivity index (χ2n) is 3.95. The van der Waals surface area contributed by atoms with Crippen molar-refractivity contribution in [3.05, 3.63) is 40.3 Å². The minimum Gasteiger partial charge on any atom is -0.375 e. The maximum atomic E-state index is 11.6. The molecule has 98 valence electrons. The van der Waals surface area contributed by atoms with Crippen LogP contribution < -0.4 is 10.9 Å². The van der Waals surface area contributed by atoms with E-state index < -0.39 is 0 Å². The van der Waals surface area contributed by atoms with Crippen molar-refractivity contribution in [3.63, 3.8) is 0 Å². The van der Waals surface area contributed by atoms with Gasteiger partial charge in [0.05, 0.1) is 13.2 Å². The number of carbonyl (C=O) groups excluding carboxylic acids is 1. The van der Waals surface area contributed by atoms with Gasteiger partial charge in [0, 0.05) is 19.7 Å². The number of rotatable bonds is 6. The minimum atomic E-state index is -0.329. The summed E-state index contributed by atoms with van der Waals surface area (Å²) in [5.41, 5.74) is 0.884. The molecule has 0 aliphatic heterocycles. The van der Waals surface area contributed by atoms with Crippen molar-refractivity contribution >= 4 is 5.91 Å². The third-order valence-corrected chi connectivity index (χ3v) is 2.07. The average Bonchev–Trinajstić information content (AvgIpc) is 2.31. The van der Waals surface area contributed by atoms with Crippen molar-refractivity contribution in [2.45, 2.75) is 6.92 Å². The molecule has 0 spiro atoms. The summed E-state index contributed by atoms with van der Waals surface area (Å²) in [6.45, 7) is 6.84. The molecule has 0 atom stereocenters. The van der Waals surface area contributed by atoms with Gasteiger partial charge in [-0.2, -0.15) is 5.10 Å². The van der Waals surface area contributed by atoms with E-state index in [1.807, 2.05) is 6.92 Å². The van der Waals surface area contributed by atoms with E-state index in [0.29, 0.717) is 19.8 Å². The highest BCUT2D eigenvalue weighted by Crippen LogP contribution is 1.90. The van der Waals surface area contributed by atoms with E-state index in [2.05, 4.69) is 17.0 Å². The molecule has 1 aromatic heterocycles. The van der Waals surface area contributed by atoms with Gasteiger partial charge < -0.3 is 10.1 Å². The monoisotopic (exact) mass is 251 g/mol. The Bertz CT molecular complexity index is 494. The average molecular weight is 251 g/mol. The first-order chi connectivity index (χ1) is 8.50. The molecule has 6 nitrogen and oxygen atoms in total. The van der Waals surface area contributed by atoms with Crippen molar-refractivity contribution in [3.8, 4) is 0 Å². The van der Waals surface area contributed by atoms with Crippen LogP contribution in [0.15, 0.2) is 29.1 Å². The normalized spacial score (nSPS) is 10.1. The molecule has 18 heavy (non-hydrogen) atoms. The topological polar surface area (TPSA) is 73.2 Å². The number of hydrogen-bond acceptors (Lipinski definition) is 4. The highest BCUT2D eigenvalue weighted by molar-refractivity contribution is 5.91. The molecule has 1 heterocycles. The Morgan fingerprint density at radius 1 is 1.56 bits per heavy atom. The van der Waals surface area contributed by atoms with Crippen molar-refractivity contribution in [1.29, 1.82) is 0 Å². The van der Waals surface area contributed by atoms with E-state index in [1.54, 1.807) is 0 Å². The molecule has 0 aliphatic carbocycles. The smallest absolute Gasteiger partial charge is 0.271 e. The SMILES string of the molecule is C=C(C)COCCNC(=O)c1ccc(=O)n(C)n1. The van der Waals surface area contributed by atoms with E-state index in [1.165, 1.54) is 19.2 Å². The van der Waals surface area contributed by atoms with Crippen molar-refractivity contribution in [1.82, 2.24) is 15.1 Å². The Labute approximate surface area is 105 Å². The van der Waals surface area contributed by atoms with E-state index in [9.17, 15) is 9.59 Å². The summed E-state index contributed by atoms with van der Waals surface area (Å²) in [5, 5.41) is 6.48. The van der Waals surface area contributed by atoms with E-state index in [4.69, 9.17) is 4.74 Å². The second kappa shape index (κ2) is 6.70. The van der Waals surface area contributed by atoms with Gasteiger partial charge in [-0.25, -0.2) is 4.68 Å². The molecule has 0 radical (unpaired) electrons. The van der Waals surface area contributed by atoms with Gasteiger partial charge in [-0.05, 0) is 13.0 Å². The molecule has 6 heteroatoms. The number of amides is 1. The van der Waals surface area contributed by atoms with Crippen LogP contribution in [0.25, 0.3) is 0 Å². The number of carbonyl (C=O) groups is 1. The van der Waals surface area contributed by atoms with Crippen LogP contribution in [0.4, 0.5) is 0 Å². The first kappa shape index (κ1) is 14.1. The fourth-order valence-corrected chi connectivity index (χ4v) is 1.20. The van der Waals surface area contributed by atoms with Gasteiger partial charge in [0.2, 0.25) is 0 Å². The largest absolute Gasteiger partial charge is 0.375 e. The summed E-state index contributed by atoms with van der Waals surface area (Å²) in [6.07, 6.45) is 0. The van der Waals surface area contributed by atoms with Crippen molar-refractivity contribution in [2.75, 3.05) is 19.8 Å². The second-order valence-corrected chi connectivity index (χ2v) is 3.95. The van der Waals surface area contributed by atoms with Gasteiger partial charge in [0.1, 0.15) is 5.69 Å². The molecule has 0 aliphatic rings. The zero-order chi connectivity index (χ0) is 13.5. The fourth-order valence-electron chi connectivity index (χ4n) is 1.20. The Kier molecular flexibility index (Phi) is 5.26. The zero-order valence-corrected chi connectivity index (χ0v) is 10.6. The zero-order valence-electron chi connectivity index (χ0n) is 10.6. The van der Waals surface area contributed by atoms with E-state index >= 15 is 0 Å². The Morgan fingerprint density at radius 3 is 2.89 bits per heavy atom. The van der Waals surface area contributed by atoms with Crippen LogP contribution in [0, 0.1) is 0 Å². The minimum absolute atomic E-state index is 0.206. The lowest BCUT2D eigenvalue weighted by molar-refractivity contribution is 0.0919. The van der Waals surface area contributed by atoms with E-state index in [-0.39, 0.29) is 17.2 Å². The van der Waals surface area contributed by atoms with Gasteiger partial charge >= 0.3 is 0 Å². The van der Waals surface area contributed by atoms with Gasteiger partial charge in [-0.1, -0.05) is 12.2 Å². The lowest BCUT2D eigenvalue weighted by atomic mass is 10.3. The van der Waals surface area contributed by atoms with Crippen LogP contribution in [0.1, 0.15) is 17.4 Å². The number of ether oxygens (including phenoxy) is 1. The van der Waals surface area contributed by atoms with Gasteiger partial charge in [0.25, 0.3) is 11.5 Å². The van der Waals surface area contributed by atoms with Gasteiger partial charge in [-0.15, -0.1) is 0 Å². The Balaban J connectivity index is 2.39. The van der Waals surface area contributed by atoms with Crippen LogP contribution in [0.3, 0.4) is 0 Å². The van der Waals surface area contributed by atoms with Crippen LogP contribution in [0.2, 0.25) is 0 Å². The molecular weight excluding hydrogens is 234 g/mol. The Hall–Kier alpha value is -1.95. The fraction of sp³-hybridized carbons (Fsp3) is 0.417. The summed E-state index contributed by atoms with van der Waals surface area (Å²) in [5.74, 6) is -0.329. The number of nitrogens with zero attached hydrogens (tertiary/aromatic N) is 2. The highest BCUT2D eigenvalue weighted by atomic mass is 16.5. The lowest BCUT2D eigenvalue weighted by Gasteiger charge is -2.06. The van der Waals surface area contributed by atoms with Crippen LogP contribution in [-0.4, -0.2) is 35.4 Å². The summed E-state index contributed by atoms with van der Waals surface area (Å²) in [7, 11) is 1.50. The molecule has 1 rings (SSSR count).